The second-order valence-electron chi connectivity index (χ2n) is 18.0. The number of hydrogen-bond donors (Lipinski definition) is 0. The SMILES string of the molecule is CCN1C(=O)/C(=N/c2cc3c(s2)-c2cc4c(cc2C3(C(=O)OCc2ccccc2)C(=O)OCc2ccccc2)-c2sc(/N=C3\SC(=S)N(CC)C3=O)cc2C4(C(=O)OCc2ccccc2)C(=O)OCc2ccccc2)SC1=S. The van der Waals surface area contributed by atoms with Crippen molar-refractivity contribution in [2.24, 2.45) is 9.98 Å². The van der Waals surface area contributed by atoms with E-state index in [0.717, 1.165) is 46.2 Å². The van der Waals surface area contributed by atoms with Gasteiger partial charge < -0.3 is 18.9 Å². The highest BCUT2D eigenvalue weighted by Gasteiger charge is 2.63. The molecule has 5 aromatic carbocycles. The van der Waals surface area contributed by atoms with Gasteiger partial charge in [0.1, 0.15) is 45.1 Å². The van der Waals surface area contributed by atoms with Crippen molar-refractivity contribution in [3.05, 3.63) is 190 Å². The van der Waals surface area contributed by atoms with E-state index in [9.17, 15) is 9.59 Å². The van der Waals surface area contributed by atoms with Gasteiger partial charge in [-0.3, -0.25) is 38.6 Å². The summed E-state index contributed by atoms with van der Waals surface area (Å²) in [5.41, 5.74) is -1.07. The van der Waals surface area contributed by atoms with Crippen molar-refractivity contribution in [3.8, 4) is 20.9 Å². The number of rotatable bonds is 16. The van der Waals surface area contributed by atoms with Crippen LogP contribution in [0.2, 0.25) is 0 Å². The van der Waals surface area contributed by atoms with Gasteiger partial charge in [0, 0.05) is 34.0 Å². The molecule has 4 heterocycles. The van der Waals surface area contributed by atoms with E-state index in [1.54, 1.807) is 135 Å². The third-order valence-corrected chi connectivity index (χ3v) is 18.3. The maximum atomic E-state index is 15.6. The van der Waals surface area contributed by atoms with Crippen LogP contribution < -0.4 is 0 Å². The molecule has 4 aliphatic rings. The number of carbonyl (C=O) groups excluding carboxylic acids is 6. The van der Waals surface area contributed by atoms with E-state index in [1.807, 2.05) is 24.3 Å². The zero-order valence-electron chi connectivity index (χ0n) is 41.4. The number of esters is 4. The number of fused-ring (bicyclic) bond motifs is 6. The second-order valence-corrected chi connectivity index (χ2v) is 23.3. The predicted molar refractivity (Wildman–Crippen MR) is 309 cm³/mol. The quantitative estimate of drug-likeness (QED) is 0.0387. The van der Waals surface area contributed by atoms with E-state index in [-0.39, 0.29) is 79.9 Å². The Hall–Kier alpha value is -7.46. The molecule has 0 spiro atoms. The lowest BCUT2D eigenvalue weighted by atomic mass is 9.75. The van der Waals surface area contributed by atoms with E-state index in [1.165, 1.54) is 9.80 Å². The highest BCUT2D eigenvalue weighted by Crippen LogP contribution is 2.62. The zero-order chi connectivity index (χ0) is 54.3. The number of thiophene rings is 2. The van der Waals surface area contributed by atoms with Crippen molar-refractivity contribution >= 4 is 135 Å². The molecule has 14 nitrogen and oxygen atoms in total. The summed E-state index contributed by atoms with van der Waals surface area (Å²) in [4.78, 5) is 103. The topological polar surface area (TPSA) is 171 Å². The normalized spacial score (nSPS) is 16.5. The van der Waals surface area contributed by atoms with Crippen molar-refractivity contribution < 1.29 is 47.7 Å². The summed E-state index contributed by atoms with van der Waals surface area (Å²) in [5, 5.41) is 0.676. The molecule has 390 valence electrons. The Morgan fingerprint density at radius 1 is 0.462 bits per heavy atom. The molecule has 78 heavy (non-hydrogen) atoms. The number of hydrogen-bond acceptors (Lipinski definition) is 18. The van der Waals surface area contributed by atoms with Crippen molar-refractivity contribution in [1.82, 2.24) is 9.80 Å². The minimum Gasteiger partial charge on any atom is -0.459 e. The molecule has 0 N–H and O–H groups in total. The average molecular weight is 1150 g/mol. The second kappa shape index (κ2) is 21.8. The summed E-state index contributed by atoms with van der Waals surface area (Å²) in [6, 6.07) is 42.3. The molecule has 0 unspecified atom stereocenters. The molecular weight excluding hydrogens is 1110 g/mol. The van der Waals surface area contributed by atoms with Crippen molar-refractivity contribution in [2.75, 3.05) is 13.1 Å². The Morgan fingerprint density at radius 2 is 0.756 bits per heavy atom. The number of thioether (sulfide) groups is 2. The molecule has 2 aromatic heterocycles. The average Bonchev–Trinajstić information content (AvgIpc) is 4.47. The third kappa shape index (κ3) is 9.18. The smallest absolute Gasteiger partial charge is 0.333 e. The van der Waals surface area contributed by atoms with Gasteiger partial charge in [-0.05, 0) is 106 Å². The van der Waals surface area contributed by atoms with E-state index in [0.29, 0.717) is 53.7 Å². The van der Waals surface area contributed by atoms with Gasteiger partial charge in [-0.1, -0.05) is 146 Å². The van der Waals surface area contributed by atoms with E-state index in [4.69, 9.17) is 53.4 Å². The van der Waals surface area contributed by atoms with Crippen LogP contribution in [0.15, 0.2) is 156 Å². The van der Waals surface area contributed by atoms with Crippen LogP contribution in [0.4, 0.5) is 10.0 Å². The zero-order valence-corrected chi connectivity index (χ0v) is 46.3. The van der Waals surface area contributed by atoms with Crippen LogP contribution in [0, 0.1) is 0 Å². The molecule has 0 radical (unpaired) electrons. The van der Waals surface area contributed by atoms with E-state index >= 15 is 19.2 Å². The number of nitrogens with zero attached hydrogens (tertiary/aromatic N) is 4. The summed E-state index contributed by atoms with van der Waals surface area (Å²) in [7, 11) is 0. The molecule has 0 saturated carbocycles. The predicted octanol–water partition coefficient (Wildman–Crippen LogP) is 11.1. The van der Waals surface area contributed by atoms with Crippen LogP contribution in [0.5, 0.6) is 0 Å². The lowest BCUT2D eigenvalue weighted by molar-refractivity contribution is -0.166. The van der Waals surface area contributed by atoms with Crippen LogP contribution in [0.1, 0.15) is 58.4 Å². The third-order valence-electron chi connectivity index (χ3n) is 13.5. The lowest BCUT2D eigenvalue weighted by Gasteiger charge is -2.29. The number of aliphatic imine (C=N–C) groups is 2. The first kappa shape index (κ1) is 52.6. The first-order valence-corrected chi connectivity index (χ1v) is 28.5. The van der Waals surface area contributed by atoms with Crippen LogP contribution in [-0.4, -0.2) is 77.3 Å². The number of thiocarbonyl (C=S) groups is 2. The number of ether oxygens (including phenoxy) is 4. The van der Waals surface area contributed by atoms with Gasteiger partial charge in [-0.25, -0.2) is 9.98 Å². The Kier molecular flexibility index (Phi) is 14.7. The molecule has 2 amide bonds. The summed E-state index contributed by atoms with van der Waals surface area (Å²) in [6.07, 6.45) is 0. The first-order chi connectivity index (χ1) is 37.9. The largest absolute Gasteiger partial charge is 0.459 e. The van der Waals surface area contributed by atoms with Gasteiger partial charge in [0.2, 0.25) is 10.8 Å². The molecule has 2 saturated heterocycles. The van der Waals surface area contributed by atoms with Gasteiger partial charge in [-0.2, -0.15) is 0 Å². The molecule has 11 rings (SSSR count). The number of carbonyl (C=O) groups is 6. The fourth-order valence-electron chi connectivity index (χ4n) is 9.73. The monoisotopic (exact) mass is 1150 g/mol. The lowest BCUT2D eigenvalue weighted by Crippen LogP contribution is -2.46. The standard InChI is InChI=1S/C58H42N4O10S6/c1-3-61-49(63)47(77-55(61)73)59-43-27-41-45(75-43)37-25-40-38(26-39(37)57(41,51(65)69-29-33-17-9-5-10-18-33)52(66)70-30-34-19-11-6-12-20-34)46-42(28-44(76-46)60-48-50(64)62(4-2)56(74)78-48)58(40,53(67)71-31-35-21-13-7-14-22-35)54(68)72-32-36-23-15-8-16-24-36/h5-28H,3-4,29-32H2,1-2H3/b59-47-,60-48-. The molecule has 2 aliphatic heterocycles. The fourth-order valence-corrected chi connectivity index (χ4v) is 14.6. The van der Waals surface area contributed by atoms with Crippen molar-refractivity contribution in [1.29, 1.82) is 0 Å². The number of benzene rings is 5. The van der Waals surface area contributed by atoms with Gasteiger partial charge >= 0.3 is 23.9 Å². The maximum Gasteiger partial charge on any atom is 0.333 e. The molecular formula is C58H42N4O10S6. The van der Waals surface area contributed by atoms with Crippen molar-refractivity contribution in [3.63, 3.8) is 0 Å². The fraction of sp³-hybridized carbons (Fsp3) is 0.172. The van der Waals surface area contributed by atoms with Gasteiger partial charge in [0.25, 0.3) is 11.8 Å². The summed E-state index contributed by atoms with van der Waals surface area (Å²) < 4.78 is 25.5. The first-order valence-electron chi connectivity index (χ1n) is 24.4. The van der Waals surface area contributed by atoms with Gasteiger partial charge in [0.05, 0.1) is 0 Å². The van der Waals surface area contributed by atoms with Crippen LogP contribution >= 0.6 is 70.6 Å². The van der Waals surface area contributed by atoms with Crippen LogP contribution in [-0.2, 0) is 85.0 Å². The molecule has 0 bridgehead atoms. The summed E-state index contributed by atoms with van der Waals surface area (Å²) in [6.45, 7) is 3.33. The molecule has 2 fully saturated rings. The minimum atomic E-state index is -2.37. The summed E-state index contributed by atoms with van der Waals surface area (Å²) in [5.74, 6) is -4.73. The van der Waals surface area contributed by atoms with Gasteiger partial charge in [-0.15, -0.1) is 22.7 Å². The summed E-state index contributed by atoms with van der Waals surface area (Å²) >= 11 is 15.3. The van der Waals surface area contributed by atoms with Crippen molar-refractivity contribution in [2.45, 2.75) is 51.1 Å². The highest BCUT2D eigenvalue weighted by atomic mass is 32.2. The molecule has 0 atom stereocenters. The van der Waals surface area contributed by atoms with Crippen LogP contribution in [0.25, 0.3) is 20.9 Å². The molecule has 20 heteroatoms. The number of amides is 2. The Morgan fingerprint density at radius 3 is 1.03 bits per heavy atom. The Labute approximate surface area is 474 Å². The van der Waals surface area contributed by atoms with Crippen LogP contribution in [0.3, 0.4) is 0 Å². The minimum absolute atomic E-state index is 0.0898. The highest BCUT2D eigenvalue weighted by molar-refractivity contribution is 8.35. The Balaban J connectivity index is 1.16. The molecule has 2 aliphatic carbocycles. The Bertz CT molecular complexity index is 3340. The maximum absolute atomic E-state index is 15.6. The molecule has 7 aromatic rings. The van der Waals surface area contributed by atoms with E-state index in [2.05, 4.69) is 0 Å². The van der Waals surface area contributed by atoms with Gasteiger partial charge in [0.15, 0.2) is 10.1 Å². The van der Waals surface area contributed by atoms with E-state index < -0.39 is 46.5 Å².